The van der Waals surface area contributed by atoms with Crippen molar-refractivity contribution in [3.05, 3.63) is 54.0 Å². The van der Waals surface area contributed by atoms with Gasteiger partial charge >= 0.3 is 0 Å². The average Bonchev–Trinajstić information content (AvgIpc) is 2.96. The Hall–Kier alpha value is -2.89. The van der Waals surface area contributed by atoms with Gasteiger partial charge in [-0.15, -0.1) is 0 Å². The van der Waals surface area contributed by atoms with E-state index in [1.54, 1.807) is 25.4 Å². The third-order valence-electron chi connectivity index (χ3n) is 2.99. The van der Waals surface area contributed by atoms with Crippen molar-refractivity contribution in [2.45, 2.75) is 6.42 Å². The van der Waals surface area contributed by atoms with E-state index in [1.807, 2.05) is 24.3 Å². The Bertz CT molecular complexity index is 755. The molecule has 0 unspecified atom stereocenters. The lowest BCUT2D eigenvalue weighted by molar-refractivity contribution is 0.414. The lowest BCUT2D eigenvalue weighted by Gasteiger charge is -2.01. The lowest BCUT2D eigenvalue weighted by atomic mass is 10.1. The third kappa shape index (κ3) is 3.00. The maximum Gasteiger partial charge on any atom is 0.258 e. The molecule has 0 amide bonds. The maximum absolute atomic E-state index is 5.64. The van der Waals surface area contributed by atoms with Crippen molar-refractivity contribution < 1.29 is 9.26 Å². The molecule has 0 bridgehead atoms. The Morgan fingerprint density at radius 2 is 2.14 bits per heavy atom. The van der Waals surface area contributed by atoms with Gasteiger partial charge in [0.2, 0.25) is 0 Å². The van der Waals surface area contributed by atoms with Crippen molar-refractivity contribution in [1.82, 2.24) is 15.1 Å². The number of anilines is 1. The van der Waals surface area contributed by atoms with Crippen LogP contribution in [0.3, 0.4) is 0 Å². The molecule has 0 saturated heterocycles. The highest BCUT2D eigenvalue weighted by molar-refractivity contribution is 5.56. The van der Waals surface area contributed by atoms with E-state index < -0.39 is 0 Å². The molecule has 0 radical (unpaired) electrons. The largest absolute Gasteiger partial charge is 0.497 e. The number of ether oxygens (including phenoxy) is 1. The molecule has 3 rings (SSSR count). The molecule has 21 heavy (non-hydrogen) atoms. The molecule has 6 nitrogen and oxygen atoms in total. The molecule has 0 spiro atoms. The zero-order valence-electron chi connectivity index (χ0n) is 11.5. The van der Waals surface area contributed by atoms with Gasteiger partial charge in [-0.05, 0) is 29.8 Å². The van der Waals surface area contributed by atoms with Crippen LogP contribution < -0.4 is 10.5 Å². The summed E-state index contributed by atoms with van der Waals surface area (Å²) < 4.78 is 10.5. The maximum atomic E-state index is 5.64. The van der Waals surface area contributed by atoms with Crippen LogP contribution in [-0.2, 0) is 6.42 Å². The molecule has 6 heteroatoms. The van der Waals surface area contributed by atoms with Crippen LogP contribution in [-0.4, -0.2) is 22.2 Å². The minimum Gasteiger partial charge on any atom is -0.497 e. The summed E-state index contributed by atoms with van der Waals surface area (Å²) in [6.07, 6.45) is 2.18. The number of nitrogens with zero attached hydrogens (tertiary/aromatic N) is 3. The molecule has 106 valence electrons. The second kappa shape index (κ2) is 5.62. The first-order chi connectivity index (χ1) is 10.2. The quantitative estimate of drug-likeness (QED) is 0.790. The van der Waals surface area contributed by atoms with Crippen LogP contribution in [0.1, 0.15) is 11.4 Å². The molecular weight excluding hydrogens is 268 g/mol. The number of hydrogen-bond acceptors (Lipinski definition) is 6. The summed E-state index contributed by atoms with van der Waals surface area (Å²) in [5.41, 5.74) is 7.45. The zero-order chi connectivity index (χ0) is 14.7. The van der Waals surface area contributed by atoms with E-state index in [2.05, 4.69) is 15.1 Å². The van der Waals surface area contributed by atoms with Gasteiger partial charge in [0, 0.05) is 18.2 Å². The van der Waals surface area contributed by atoms with Crippen molar-refractivity contribution in [3.8, 4) is 17.2 Å². The SMILES string of the molecule is COc1cccc(Cc2noc(-c3ccnc(N)c3)n2)c1. The molecule has 0 saturated carbocycles. The number of benzene rings is 1. The number of aromatic nitrogens is 3. The van der Waals surface area contributed by atoms with Crippen LogP contribution in [0.4, 0.5) is 5.82 Å². The van der Waals surface area contributed by atoms with Gasteiger partial charge in [0.05, 0.1) is 7.11 Å². The van der Waals surface area contributed by atoms with Gasteiger partial charge in [-0.1, -0.05) is 17.3 Å². The normalized spacial score (nSPS) is 10.5. The molecule has 3 aromatic rings. The van der Waals surface area contributed by atoms with Gasteiger partial charge < -0.3 is 15.0 Å². The molecule has 2 aromatic heterocycles. The monoisotopic (exact) mass is 282 g/mol. The van der Waals surface area contributed by atoms with Crippen LogP contribution in [0.25, 0.3) is 11.5 Å². The molecular formula is C15H14N4O2. The van der Waals surface area contributed by atoms with E-state index in [9.17, 15) is 0 Å². The highest BCUT2D eigenvalue weighted by Gasteiger charge is 2.10. The number of pyridine rings is 1. The molecule has 0 fully saturated rings. The first-order valence-corrected chi connectivity index (χ1v) is 6.42. The van der Waals surface area contributed by atoms with E-state index in [4.69, 9.17) is 15.0 Å². The van der Waals surface area contributed by atoms with Gasteiger partial charge in [0.1, 0.15) is 11.6 Å². The van der Waals surface area contributed by atoms with Crippen LogP contribution in [0.2, 0.25) is 0 Å². The van der Waals surface area contributed by atoms with Crippen molar-refractivity contribution in [1.29, 1.82) is 0 Å². The minimum absolute atomic E-state index is 0.417. The standard InChI is InChI=1S/C15H14N4O2/c1-20-12-4-2-3-10(7-12)8-14-18-15(21-19-14)11-5-6-17-13(16)9-11/h2-7,9H,8H2,1H3,(H2,16,17). The highest BCUT2D eigenvalue weighted by atomic mass is 16.5. The molecule has 0 aliphatic heterocycles. The molecule has 2 N–H and O–H groups in total. The Labute approximate surface area is 121 Å². The van der Waals surface area contributed by atoms with Crippen molar-refractivity contribution >= 4 is 5.82 Å². The first kappa shape index (κ1) is 13.1. The van der Waals surface area contributed by atoms with Crippen LogP contribution in [0.5, 0.6) is 5.75 Å². The summed E-state index contributed by atoms with van der Waals surface area (Å²) >= 11 is 0. The first-order valence-electron chi connectivity index (χ1n) is 6.42. The summed E-state index contributed by atoms with van der Waals surface area (Å²) in [7, 11) is 1.64. The topological polar surface area (TPSA) is 87.1 Å². The predicted octanol–water partition coefficient (Wildman–Crippen LogP) is 2.31. The van der Waals surface area contributed by atoms with Gasteiger partial charge in [-0.3, -0.25) is 0 Å². The Balaban J connectivity index is 1.81. The van der Waals surface area contributed by atoms with E-state index in [0.717, 1.165) is 16.9 Å². The van der Waals surface area contributed by atoms with Crippen molar-refractivity contribution in [3.63, 3.8) is 0 Å². The lowest BCUT2D eigenvalue weighted by Crippen LogP contribution is -1.92. The van der Waals surface area contributed by atoms with Crippen LogP contribution in [0.15, 0.2) is 47.1 Å². The predicted molar refractivity (Wildman–Crippen MR) is 77.7 cm³/mol. The summed E-state index contributed by atoms with van der Waals surface area (Å²) in [6.45, 7) is 0. The smallest absolute Gasteiger partial charge is 0.258 e. The summed E-state index contributed by atoms with van der Waals surface area (Å²) in [5.74, 6) is 2.26. The second-order valence-electron chi connectivity index (χ2n) is 4.51. The summed E-state index contributed by atoms with van der Waals surface area (Å²) in [6, 6.07) is 11.2. The number of methoxy groups -OCH3 is 1. The molecule has 0 aliphatic rings. The Morgan fingerprint density at radius 3 is 2.95 bits per heavy atom. The number of nitrogen functional groups attached to an aromatic ring is 1. The van der Waals surface area contributed by atoms with Crippen LogP contribution in [0, 0.1) is 0 Å². The van der Waals surface area contributed by atoms with E-state index in [0.29, 0.717) is 24.0 Å². The van der Waals surface area contributed by atoms with E-state index in [-0.39, 0.29) is 0 Å². The number of rotatable bonds is 4. The fourth-order valence-electron chi connectivity index (χ4n) is 1.99. The zero-order valence-corrected chi connectivity index (χ0v) is 11.5. The van der Waals surface area contributed by atoms with Gasteiger partial charge in [-0.2, -0.15) is 4.98 Å². The Kier molecular flexibility index (Phi) is 3.51. The summed E-state index contributed by atoms with van der Waals surface area (Å²) in [4.78, 5) is 8.30. The molecule has 0 atom stereocenters. The van der Waals surface area contributed by atoms with Gasteiger partial charge in [-0.25, -0.2) is 4.98 Å². The van der Waals surface area contributed by atoms with Gasteiger partial charge in [0.15, 0.2) is 5.82 Å². The molecule has 1 aromatic carbocycles. The second-order valence-corrected chi connectivity index (χ2v) is 4.51. The minimum atomic E-state index is 0.417. The highest BCUT2D eigenvalue weighted by Crippen LogP contribution is 2.20. The fraction of sp³-hybridized carbons (Fsp3) is 0.133. The fourth-order valence-corrected chi connectivity index (χ4v) is 1.99. The summed E-state index contributed by atoms with van der Waals surface area (Å²) in [5, 5.41) is 3.98. The number of hydrogen-bond donors (Lipinski definition) is 1. The third-order valence-corrected chi connectivity index (χ3v) is 2.99. The van der Waals surface area contributed by atoms with Crippen molar-refractivity contribution in [2.24, 2.45) is 0 Å². The molecule has 0 aliphatic carbocycles. The average molecular weight is 282 g/mol. The van der Waals surface area contributed by atoms with Gasteiger partial charge in [0.25, 0.3) is 5.89 Å². The number of nitrogens with two attached hydrogens (primary N) is 1. The van der Waals surface area contributed by atoms with E-state index >= 15 is 0 Å². The molecule has 2 heterocycles. The van der Waals surface area contributed by atoms with Crippen LogP contribution >= 0.6 is 0 Å². The van der Waals surface area contributed by atoms with E-state index in [1.165, 1.54) is 0 Å². The van der Waals surface area contributed by atoms with Crippen molar-refractivity contribution in [2.75, 3.05) is 12.8 Å². The Morgan fingerprint density at radius 1 is 1.24 bits per heavy atom.